The number of primary amides is 1. The summed E-state index contributed by atoms with van der Waals surface area (Å²) in [5.74, 6) is -0.0781. The maximum absolute atomic E-state index is 14.1. The second kappa shape index (κ2) is 6.27. The average molecular weight is 382 g/mol. The molecule has 2 N–H and O–H groups in total. The Labute approximate surface area is 141 Å². The van der Waals surface area contributed by atoms with E-state index in [-0.39, 0.29) is 5.56 Å². The number of piperidine rings is 1. The van der Waals surface area contributed by atoms with Gasteiger partial charge in [-0.25, -0.2) is 4.39 Å². The zero-order chi connectivity index (χ0) is 16.6. The summed E-state index contributed by atoms with van der Waals surface area (Å²) in [6.07, 6.45) is 3.41. The number of carbonyl (C=O) groups excluding carboxylic acids is 1. The van der Waals surface area contributed by atoms with Crippen molar-refractivity contribution in [2.24, 2.45) is 12.8 Å². The molecule has 1 aliphatic rings. The predicted octanol–water partition coefficient (Wildman–Crippen LogP) is 2.20. The Hall–Kier alpha value is -1.96. The van der Waals surface area contributed by atoms with Crippen molar-refractivity contribution in [3.05, 3.63) is 40.1 Å². The number of benzene rings is 1. The SMILES string of the molecule is Cn1cnnc1C1CCN(c2cc(Br)cc(F)c2C(N)=O)CC1. The molecule has 0 atom stereocenters. The van der Waals surface area contributed by atoms with Crippen LogP contribution in [0.3, 0.4) is 0 Å². The van der Waals surface area contributed by atoms with Gasteiger partial charge >= 0.3 is 0 Å². The van der Waals surface area contributed by atoms with Crippen molar-refractivity contribution in [1.29, 1.82) is 0 Å². The lowest BCUT2D eigenvalue weighted by Crippen LogP contribution is -2.35. The number of hydrogen-bond acceptors (Lipinski definition) is 4. The van der Waals surface area contributed by atoms with Crippen LogP contribution in [0, 0.1) is 5.82 Å². The first kappa shape index (κ1) is 15.9. The van der Waals surface area contributed by atoms with Gasteiger partial charge in [-0.1, -0.05) is 15.9 Å². The fourth-order valence-electron chi connectivity index (χ4n) is 3.09. The summed E-state index contributed by atoms with van der Waals surface area (Å²) in [6, 6.07) is 3.00. The molecule has 0 bridgehead atoms. The van der Waals surface area contributed by atoms with Crippen LogP contribution in [-0.2, 0) is 7.05 Å². The molecule has 1 fully saturated rings. The molecule has 0 radical (unpaired) electrons. The molecular weight excluding hydrogens is 365 g/mol. The topological polar surface area (TPSA) is 77.0 Å². The average Bonchev–Trinajstić information content (AvgIpc) is 2.92. The summed E-state index contributed by atoms with van der Waals surface area (Å²) < 4.78 is 16.6. The third-order valence-corrected chi connectivity index (χ3v) is 4.69. The lowest BCUT2D eigenvalue weighted by atomic mass is 9.95. The Morgan fingerprint density at radius 1 is 1.39 bits per heavy atom. The maximum atomic E-state index is 14.1. The van der Waals surface area contributed by atoms with Gasteiger partial charge < -0.3 is 15.2 Å². The number of rotatable bonds is 3. The standard InChI is InChI=1S/C15H17BrFN5O/c1-21-8-19-20-15(21)9-2-4-22(5-3-9)12-7-10(16)6-11(17)13(12)14(18)23/h6-9H,2-5H2,1H3,(H2,18,23). The number of hydrogen-bond donors (Lipinski definition) is 1. The molecule has 2 aromatic rings. The van der Waals surface area contributed by atoms with Crippen LogP contribution >= 0.6 is 15.9 Å². The summed E-state index contributed by atoms with van der Waals surface area (Å²) in [5.41, 5.74) is 5.85. The van der Waals surface area contributed by atoms with Crippen molar-refractivity contribution in [3.63, 3.8) is 0 Å². The third-order valence-electron chi connectivity index (χ3n) is 4.23. The van der Waals surface area contributed by atoms with E-state index in [0.29, 0.717) is 29.2 Å². The van der Waals surface area contributed by atoms with Crippen LogP contribution in [-0.4, -0.2) is 33.8 Å². The lowest BCUT2D eigenvalue weighted by Gasteiger charge is -2.34. The van der Waals surface area contributed by atoms with E-state index in [1.54, 1.807) is 12.4 Å². The highest BCUT2D eigenvalue weighted by molar-refractivity contribution is 9.10. The Balaban J connectivity index is 1.83. The van der Waals surface area contributed by atoms with Crippen molar-refractivity contribution in [2.45, 2.75) is 18.8 Å². The van der Waals surface area contributed by atoms with E-state index in [4.69, 9.17) is 5.73 Å². The largest absolute Gasteiger partial charge is 0.371 e. The second-order valence-corrected chi connectivity index (χ2v) is 6.62. The van der Waals surface area contributed by atoms with Crippen LogP contribution in [0.2, 0.25) is 0 Å². The van der Waals surface area contributed by atoms with Gasteiger partial charge in [-0.3, -0.25) is 4.79 Å². The summed E-state index contributed by atoms with van der Waals surface area (Å²) in [5, 5.41) is 8.08. The molecule has 1 amide bonds. The Bertz CT molecular complexity index is 739. The minimum atomic E-state index is -0.750. The van der Waals surface area contributed by atoms with Gasteiger partial charge in [0.25, 0.3) is 5.91 Å². The van der Waals surface area contributed by atoms with E-state index in [2.05, 4.69) is 26.1 Å². The molecule has 1 aromatic carbocycles. The molecule has 0 unspecified atom stereocenters. The van der Waals surface area contributed by atoms with E-state index in [0.717, 1.165) is 18.7 Å². The molecular formula is C15H17BrFN5O. The number of anilines is 1. The Morgan fingerprint density at radius 3 is 2.65 bits per heavy atom. The zero-order valence-corrected chi connectivity index (χ0v) is 14.3. The number of aryl methyl sites for hydroxylation is 1. The summed E-state index contributed by atoms with van der Waals surface area (Å²) in [7, 11) is 1.93. The van der Waals surface area contributed by atoms with Crippen molar-refractivity contribution in [1.82, 2.24) is 14.8 Å². The van der Waals surface area contributed by atoms with Gasteiger partial charge in [0, 0.05) is 30.5 Å². The van der Waals surface area contributed by atoms with Crippen LogP contribution < -0.4 is 10.6 Å². The zero-order valence-electron chi connectivity index (χ0n) is 12.7. The molecule has 0 aliphatic carbocycles. The molecule has 0 saturated carbocycles. The first-order valence-corrected chi connectivity index (χ1v) is 8.14. The summed E-state index contributed by atoms with van der Waals surface area (Å²) in [4.78, 5) is 13.6. The van der Waals surface area contributed by atoms with Crippen LogP contribution in [0.15, 0.2) is 22.9 Å². The highest BCUT2D eigenvalue weighted by Crippen LogP contribution is 2.33. The van der Waals surface area contributed by atoms with E-state index in [1.165, 1.54) is 6.07 Å². The maximum Gasteiger partial charge on any atom is 0.253 e. The Morgan fingerprint density at radius 2 is 2.09 bits per heavy atom. The lowest BCUT2D eigenvalue weighted by molar-refractivity contribution is 0.0997. The highest BCUT2D eigenvalue weighted by Gasteiger charge is 2.27. The summed E-state index contributed by atoms with van der Waals surface area (Å²) in [6.45, 7) is 1.40. The van der Waals surface area contributed by atoms with Crippen LogP contribution in [0.25, 0.3) is 0 Å². The normalized spacial score (nSPS) is 15.9. The van der Waals surface area contributed by atoms with Gasteiger partial charge in [0.05, 0.1) is 11.3 Å². The molecule has 2 heterocycles. The minimum absolute atomic E-state index is 0.0506. The van der Waals surface area contributed by atoms with Gasteiger partial charge in [-0.05, 0) is 25.0 Å². The molecule has 0 spiro atoms. The fraction of sp³-hybridized carbons (Fsp3) is 0.400. The molecule has 23 heavy (non-hydrogen) atoms. The fourth-order valence-corrected chi connectivity index (χ4v) is 3.51. The minimum Gasteiger partial charge on any atom is -0.371 e. The molecule has 1 aromatic heterocycles. The van der Waals surface area contributed by atoms with Crippen LogP contribution in [0.4, 0.5) is 10.1 Å². The van der Waals surface area contributed by atoms with Gasteiger partial charge in [-0.15, -0.1) is 10.2 Å². The Kier molecular flexibility index (Phi) is 4.34. The second-order valence-electron chi connectivity index (χ2n) is 5.71. The van der Waals surface area contributed by atoms with Crippen molar-refractivity contribution in [3.8, 4) is 0 Å². The molecule has 6 nitrogen and oxygen atoms in total. The first-order valence-electron chi connectivity index (χ1n) is 7.35. The number of carbonyl (C=O) groups is 1. The number of amides is 1. The van der Waals surface area contributed by atoms with Crippen LogP contribution in [0.1, 0.15) is 34.9 Å². The van der Waals surface area contributed by atoms with Crippen molar-refractivity contribution < 1.29 is 9.18 Å². The number of halogens is 2. The van der Waals surface area contributed by atoms with Gasteiger partial charge in [-0.2, -0.15) is 0 Å². The van der Waals surface area contributed by atoms with E-state index in [9.17, 15) is 9.18 Å². The summed E-state index contributed by atoms with van der Waals surface area (Å²) >= 11 is 3.28. The monoisotopic (exact) mass is 381 g/mol. The highest BCUT2D eigenvalue weighted by atomic mass is 79.9. The molecule has 1 aliphatic heterocycles. The van der Waals surface area contributed by atoms with Crippen LogP contribution in [0.5, 0.6) is 0 Å². The first-order chi connectivity index (χ1) is 11.0. The molecule has 8 heteroatoms. The number of aromatic nitrogens is 3. The quantitative estimate of drug-likeness (QED) is 0.883. The smallest absolute Gasteiger partial charge is 0.253 e. The molecule has 122 valence electrons. The van der Waals surface area contributed by atoms with Crippen molar-refractivity contribution in [2.75, 3.05) is 18.0 Å². The van der Waals surface area contributed by atoms with E-state index < -0.39 is 11.7 Å². The molecule has 1 saturated heterocycles. The van der Waals surface area contributed by atoms with Gasteiger partial charge in [0.15, 0.2) is 0 Å². The van der Waals surface area contributed by atoms with Crippen molar-refractivity contribution >= 4 is 27.5 Å². The van der Waals surface area contributed by atoms with E-state index in [1.807, 2.05) is 16.5 Å². The van der Waals surface area contributed by atoms with Gasteiger partial charge in [0.2, 0.25) is 0 Å². The predicted molar refractivity (Wildman–Crippen MR) is 87.8 cm³/mol. The molecule has 3 rings (SSSR count). The van der Waals surface area contributed by atoms with E-state index >= 15 is 0 Å². The van der Waals surface area contributed by atoms with Gasteiger partial charge in [0.1, 0.15) is 18.0 Å². The number of nitrogens with two attached hydrogens (primary N) is 1. The number of nitrogens with zero attached hydrogens (tertiary/aromatic N) is 4. The third kappa shape index (κ3) is 3.08.